The largest absolute Gasteiger partial charge is 0.399 e. The molecule has 0 aliphatic heterocycles. The Bertz CT molecular complexity index is 517. The van der Waals surface area contributed by atoms with E-state index < -0.39 is 15.8 Å². The molecular weight excluding hydrogens is 259 g/mol. The van der Waals surface area contributed by atoms with Crippen molar-refractivity contribution in [1.82, 2.24) is 4.72 Å². The van der Waals surface area contributed by atoms with Crippen molar-refractivity contribution in [2.75, 3.05) is 25.5 Å². The predicted octanol–water partition coefficient (Wildman–Crippen LogP) is 1.03. The molecule has 0 fully saturated rings. The van der Waals surface area contributed by atoms with E-state index in [9.17, 15) is 12.8 Å². The number of benzene rings is 1. The zero-order valence-electron chi connectivity index (χ0n) is 10.4. The highest BCUT2D eigenvalue weighted by molar-refractivity contribution is 7.89. The van der Waals surface area contributed by atoms with E-state index in [1.165, 1.54) is 13.0 Å². The molecule has 0 unspecified atom stereocenters. The van der Waals surface area contributed by atoms with Gasteiger partial charge in [0.1, 0.15) is 5.82 Å². The van der Waals surface area contributed by atoms with E-state index in [1.54, 1.807) is 0 Å². The van der Waals surface area contributed by atoms with Crippen molar-refractivity contribution in [2.24, 2.45) is 0 Å². The molecule has 0 aliphatic carbocycles. The Balaban J connectivity index is 2.91. The van der Waals surface area contributed by atoms with Gasteiger partial charge in [-0.2, -0.15) is 0 Å². The first-order chi connectivity index (χ1) is 8.38. The number of ether oxygens (including phenoxy) is 1. The highest BCUT2D eigenvalue weighted by atomic mass is 32.2. The van der Waals surface area contributed by atoms with Crippen molar-refractivity contribution in [3.8, 4) is 0 Å². The van der Waals surface area contributed by atoms with Crippen molar-refractivity contribution in [2.45, 2.75) is 18.7 Å². The fraction of sp³-hybridized carbons (Fsp3) is 0.455. The van der Waals surface area contributed by atoms with Gasteiger partial charge in [-0.25, -0.2) is 17.5 Å². The summed E-state index contributed by atoms with van der Waals surface area (Å²) in [6, 6.07) is 2.33. The predicted molar refractivity (Wildman–Crippen MR) is 67.2 cm³/mol. The Morgan fingerprint density at radius 2 is 2.11 bits per heavy atom. The number of hydrogen-bond acceptors (Lipinski definition) is 4. The van der Waals surface area contributed by atoms with Crippen LogP contribution < -0.4 is 10.5 Å². The molecule has 0 spiro atoms. The maximum absolute atomic E-state index is 13.4. The summed E-state index contributed by atoms with van der Waals surface area (Å²) in [5, 5.41) is 0. The van der Waals surface area contributed by atoms with Gasteiger partial charge in [0.05, 0.1) is 11.5 Å². The van der Waals surface area contributed by atoms with Gasteiger partial charge >= 0.3 is 0 Å². The molecule has 1 aromatic rings. The zero-order chi connectivity index (χ0) is 13.8. The minimum absolute atomic E-state index is 0.0492. The average molecular weight is 276 g/mol. The summed E-state index contributed by atoms with van der Waals surface area (Å²) in [7, 11) is -3.77. The molecule has 5 nitrogen and oxygen atoms in total. The molecule has 3 N–H and O–H groups in total. The van der Waals surface area contributed by atoms with Gasteiger partial charge < -0.3 is 10.5 Å². The number of nitrogen functional groups attached to an aromatic ring is 1. The number of hydrogen-bond donors (Lipinski definition) is 2. The molecule has 1 aromatic carbocycles. The van der Waals surface area contributed by atoms with E-state index in [1.807, 2.05) is 6.92 Å². The van der Waals surface area contributed by atoms with E-state index >= 15 is 0 Å². The molecular formula is C11H17FN2O3S. The van der Waals surface area contributed by atoms with Gasteiger partial charge in [-0.15, -0.1) is 0 Å². The number of rotatable bonds is 6. The fourth-order valence-electron chi connectivity index (χ4n) is 1.42. The van der Waals surface area contributed by atoms with Crippen molar-refractivity contribution in [1.29, 1.82) is 0 Å². The summed E-state index contributed by atoms with van der Waals surface area (Å²) in [4.78, 5) is -0.142. The molecule has 0 saturated carbocycles. The van der Waals surface area contributed by atoms with Crippen LogP contribution >= 0.6 is 0 Å². The van der Waals surface area contributed by atoms with Crippen molar-refractivity contribution in [3.05, 3.63) is 23.5 Å². The second-order valence-corrected chi connectivity index (χ2v) is 5.46. The Kier molecular flexibility index (Phi) is 5.06. The maximum Gasteiger partial charge on any atom is 0.241 e. The molecule has 0 saturated heterocycles. The number of sulfonamides is 1. The standard InChI is InChI=1S/C11H17FN2O3S/c1-3-17-5-4-14-18(15,16)11-7-9(13)6-10(12)8(11)2/h6-7,14H,3-5,13H2,1-2H3. The summed E-state index contributed by atoms with van der Waals surface area (Å²) in [6.45, 7) is 4.11. The molecule has 0 radical (unpaired) electrons. The molecule has 0 aliphatic rings. The summed E-state index contributed by atoms with van der Waals surface area (Å²) in [5.74, 6) is -0.639. The van der Waals surface area contributed by atoms with Crippen LogP contribution in [0.25, 0.3) is 0 Å². The number of halogens is 1. The Morgan fingerprint density at radius 1 is 1.44 bits per heavy atom. The van der Waals surface area contributed by atoms with E-state index in [2.05, 4.69) is 4.72 Å². The molecule has 7 heteroatoms. The molecule has 0 heterocycles. The summed E-state index contributed by atoms with van der Waals surface area (Å²) < 4.78 is 44.6. The van der Waals surface area contributed by atoms with Gasteiger partial charge in [0.25, 0.3) is 0 Å². The SMILES string of the molecule is CCOCCNS(=O)(=O)c1cc(N)cc(F)c1C. The number of nitrogens with two attached hydrogens (primary N) is 1. The van der Waals surface area contributed by atoms with Gasteiger partial charge in [0.15, 0.2) is 0 Å². The lowest BCUT2D eigenvalue weighted by Crippen LogP contribution is -2.28. The van der Waals surface area contributed by atoms with E-state index in [0.29, 0.717) is 6.61 Å². The Morgan fingerprint density at radius 3 is 2.72 bits per heavy atom. The van der Waals surface area contributed by atoms with Crippen LogP contribution in [0.3, 0.4) is 0 Å². The molecule has 1 rings (SSSR count). The van der Waals surface area contributed by atoms with Crippen LogP contribution in [0.15, 0.2) is 17.0 Å². The van der Waals surface area contributed by atoms with Crippen molar-refractivity contribution in [3.63, 3.8) is 0 Å². The molecule has 18 heavy (non-hydrogen) atoms. The first-order valence-corrected chi connectivity index (χ1v) is 7.00. The lowest BCUT2D eigenvalue weighted by atomic mass is 10.2. The Labute approximate surface area is 106 Å². The second kappa shape index (κ2) is 6.12. The quantitative estimate of drug-likeness (QED) is 0.600. The first kappa shape index (κ1) is 14.9. The third kappa shape index (κ3) is 3.66. The minimum Gasteiger partial charge on any atom is -0.399 e. The van der Waals surface area contributed by atoms with E-state index in [-0.39, 0.29) is 29.3 Å². The lowest BCUT2D eigenvalue weighted by molar-refractivity contribution is 0.153. The van der Waals surface area contributed by atoms with Gasteiger partial charge in [-0.05, 0) is 26.0 Å². The zero-order valence-corrected chi connectivity index (χ0v) is 11.2. The third-order valence-corrected chi connectivity index (χ3v) is 3.94. The highest BCUT2D eigenvalue weighted by Crippen LogP contribution is 2.21. The van der Waals surface area contributed by atoms with Crippen LogP contribution in [0.2, 0.25) is 0 Å². The number of nitrogens with one attached hydrogen (secondary N) is 1. The van der Waals surface area contributed by atoms with Gasteiger partial charge in [-0.3, -0.25) is 0 Å². The Hall–Kier alpha value is -1.18. The maximum atomic E-state index is 13.4. The van der Waals surface area contributed by atoms with Gasteiger partial charge in [0.2, 0.25) is 10.0 Å². The normalized spacial score (nSPS) is 11.7. The molecule has 0 aromatic heterocycles. The monoisotopic (exact) mass is 276 g/mol. The smallest absolute Gasteiger partial charge is 0.241 e. The number of anilines is 1. The van der Waals surface area contributed by atoms with Crippen LogP contribution in [-0.4, -0.2) is 28.2 Å². The van der Waals surface area contributed by atoms with Gasteiger partial charge in [-0.1, -0.05) is 0 Å². The molecule has 0 atom stereocenters. The van der Waals surface area contributed by atoms with E-state index in [0.717, 1.165) is 6.07 Å². The summed E-state index contributed by atoms with van der Waals surface area (Å²) >= 11 is 0. The fourth-order valence-corrected chi connectivity index (χ4v) is 2.72. The highest BCUT2D eigenvalue weighted by Gasteiger charge is 2.19. The summed E-state index contributed by atoms with van der Waals surface area (Å²) in [6.07, 6.45) is 0. The van der Waals surface area contributed by atoms with Gasteiger partial charge in [0, 0.05) is 24.4 Å². The molecule has 0 bridgehead atoms. The van der Waals surface area contributed by atoms with Crippen LogP contribution in [-0.2, 0) is 14.8 Å². The van der Waals surface area contributed by atoms with Crippen LogP contribution in [0.4, 0.5) is 10.1 Å². The van der Waals surface area contributed by atoms with Crippen LogP contribution in [0.5, 0.6) is 0 Å². The summed E-state index contributed by atoms with van der Waals surface area (Å²) in [5.41, 5.74) is 5.57. The third-order valence-electron chi connectivity index (χ3n) is 2.35. The second-order valence-electron chi connectivity index (χ2n) is 3.72. The van der Waals surface area contributed by atoms with Crippen LogP contribution in [0, 0.1) is 12.7 Å². The van der Waals surface area contributed by atoms with Crippen molar-refractivity contribution < 1.29 is 17.5 Å². The lowest BCUT2D eigenvalue weighted by Gasteiger charge is -2.10. The topological polar surface area (TPSA) is 81.4 Å². The molecule has 102 valence electrons. The molecule has 0 amide bonds. The van der Waals surface area contributed by atoms with E-state index in [4.69, 9.17) is 10.5 Å². The first-order valence-electron chi connectivity index (χ1n) is 5.51. The average Bonchev–Trinajstić information content (AvgIpc) is 2.29. The van der Waals surface area contributed by atoms with Crippen LogP contribution in [0.1, 0.15) is 12.5 Å². The van der Waals surface area contributed by atoms with Crippen molar-refractivity contribution >= 4 is 15.7 Å². The minimum atomic E-state index is -3.77.